The van der Waals surface area contributed by atoms with Gasteiger partial charge in [-0.1, -0.05) is 19.9 Å². The van der Waals surface area contributed by atoms with E-state index >= 15 is 0 Å². The highest BCUT2D eigenvalue weighted by Crippen LogP contribution is 2.47. The third-order valence-corrected chi connectivity index (χ3v) is 8.41. The number of thiophene rings is 1. The van der Waals surface area contributed by atoms with Gasteiger partial charge in [-0.3, -0.25) is 9.59 Å². The average Bonchev–Trinajstić information content (AvgIpc) is 3.18. The smallest absolute Gasteiger partial charge is 0.254 e. The first-order chi connectivity index (χ1) is 15.8. The number of dihydropyridines is 1. The van der Waals surface area contributed by atoms with Crippen molar-refractivity contribution in [3.05, 3.63) is 68.9 Å². The van der Waals surface area contributed by atoms with Gasteiger partial charge >= 0.3 is 0 Å². The van der Waals surface area contributed by atoms with E-state index in [0.717, 1.165) is 52.6 Å². The van der Waals surface area contributed by atoms with E-state index in [9.17, 15) is 18.4 Å². The normalized spacial score (nSPS) is 18.3. The molecule has 1 unspecified atom stereocenters. The van der Waals surface area contributed by atoms with E-state index in [4.69, 9.17) is 0 Å². The Morgan fingerprint density at radius 3 is 2.64 bits per heavy atom. The minimum Gasteiger partial charge on any atom is -0.362 e. The summed E-state index contributed by atoms with van der Waals surface area (Å²) in [5.74, 6) is -2.01. The van der Waals surface area contributed by atoms with Gasteiger partial charge in [0.05, 0.1) is 4.21 Å². The molecule has 0 bridgehead atoms. The summed E-state index contributed by atoms with van der Waals surface area (Å²) in [5, 5.41) is 5.69. The monoisotopic (exact) mass is 488 g/mol. The lowest BCUT2D eigenvalue weighted by Crippen LogP contribution is -2.35. The predicted molar refractivity (Wildman–Crippen MR) is 130 cm³/mol. The zero-order chi connectivity index (χ0) is 23.7. The van der Waals surface area contributed by atoms with Gasteiger partial charge in [-0.25, -0.2) is 8.78 Å². The van der Waals surface area contributed by atoms with Crippen LogP contribution in [0.5, 0.6) is 0 Å². The molecule has 4 rings (SSSR count). The molecule has 33 heavy (non-hydrogen) atoms. The number of nitrogens with one attached hydrogen (secondary N) is 2. The summed E-state index contributed by atoms with van der Waals surface area (Å²) >= 11 is 3.36. The van der Waals surface area contributed by atoms with E-state index < -0.39 is 29.1 Å². The van der Waals surface area contributed by atoms with Crippen LogP contribution >= 0.6 is 23.1 Å². The zero-order valence-electron chi connectivity index (χ0n) is 18.8. The van der Waals surface area contributed by atoms with Gasteiger partial charge in [0.15, 0.2) is 5.78 Å². The number of Topliss-reactive ketones (excluding diaryl/α,β-unsaturated/α-hetero) is 1. The zero-order valence-corrected chi connectivity index (χ0v) is 20.4. The van der Waals surface area contributed by atoms with Crippen molar-refractivity contribution in [3.63, 3.8) is 0 Å². The maximum atomic E-state index is 14.3. The second-order valence-corrected chi connectivity index (χ2v) is 10.7. The third kappa shape index (κ3) is 4.51. The number of aryl methyl sites for hydroxylation is 1. The van der Waals surface area contributed by atoms with Crippen LogP contribution in [0.4, 0.5) is 14.5 Å². The Labute approximate surface area is 200 Å². The summed E-state index contributed by atoms with van der Waals surface area (Å²) in [4.78, 5) is 27.8. The number of rotatable bonds is 6. The van der Waals surface area contributed by atoms with Gasteiger partial charge in [-0.05, 0) is 55.7 Å². The van der Waals surface area contributed by atoms with Crippen LogP contribution < -0.4 is 10.6 Å². The highest BCUT2D eigenvalue weighted by Gasteiger charge is 2.40. The minimum absolute atomic E-state index is 0.0142. The summed E-state index contributed by atoms with van der Waals surface area (Å²) < 4.78 is 29.6. The maximum absolute atomic E-state index is 14.3. The van der Waals surface area contributed by atoms with Gasteiger partial charge in [-0.2, -0.15) is 0 Å². The number of ketones is 1. The SMILES string of the molecule is CCSc1sc(CC)cc1C1C(C(=O)Nc2c(F)cccc2F)=C(C)NC2=C1C(=O)CCC2. The van der Waals surface area contributed by atoms with E-state index in [1.54, 1.807) is 30.0 Å². The predicted octanol–water partition coefficient (Wildman–Crippen LogP) is 6.31. The molecule has 0 spiro atoms. The molecule has 2 heterocycles. The van der Waals surface area contributed by atoms with Crippen LogP contribution in [0.2, 0.25) is 0 Å². The standard InChI is InChI=1S/C25H26F2N2O2S2/c1-4-14-12-15(25(33-14)32-5-2)21-20(13(3)28-18-10-7-11-19(30)22(18)21)24(31)29-23-16(26)8-6-9-17(23)27/h6,8-9,12,21,28H,4-5,7,10-11H2,1-3H3,(H,29,31). The molecule has 0 saturated carbocycles. The average molecular weight is 489 g/mol. The summed E-state index contributed by atoms with van der Waals surface area (Å²) in [6.07, 6.45) is 2.76. The van der Waals surface area contributed by atoms with Crippen LogP contribution in [0.15, 0.2) is 51.0 Å². The molecule has 0 radical (unpaired) electrons. The maximum Gasteiger partial charge on any atom is 0.254 e. The molecular formula is C25H26F2N2O2S2. The fraction of sp³-hybridized carbons (Fsp3) is 0.360. The Morgan fingerprint density at radius 2 is 1.97 bits per heavy atom. The van der Waals surface area contributed by atoms with Crippen LogP contribution in [-0.2, 0) is 16.0 Å². The molecule has 4 nitrogen and oxygen atoms in total. The largest absolute Gasteiger partial charge is 0.362 e. The lowest BCUT2D eigenvalue weighted by atomic mass is 9.75. The highest BCUT2D eigenvalue weighted by molar-refractivity contribution is 8.01. The molecule has 0 saturated heterocycles. The van der Waals surface area contributed by atoms with E-state index in [1.807, 2.05) is 0 Å². The van der Waals surface area contributed by atoms with Gasteiger partial charge in [0, 0.05) is 39.8 Å². The minimum atomic E-state index is -0.846. The fourth-order valence-corrected chi connectivity index (χ4v) is 6.83. The Morgan fingerprint density at radius 1 is 1.24 bits per heavy atom. The Kier molecular flexibility index (Phi) is 7.05. The molecular weight excluding hydrogens is 462 g/mol. The molecule has 2 aliphatic rings. The van der Waals surface area contributed by atoms with Crippen LogP contribution in [-0.4, -0.2) is 17.4 Å². The number of carbonyl (C=O) groups is 2. The molecule has 1 aromatic carbocycles. The van der Waals surface area contributed by atoms with Gasteiger partial charge < -0.3 is 10.6 Å². The van der Waals surface area contributed by atoms with E-state index in [2.05, 4.69) is 30.5 Å². The van der Waals surface area contributed by atoms with Crippen LogP contribution in [0, 0.1) is 11.6 Å². The van der Waals surface area contributed by atoms with E-state index in [-0.39, 0.29) is 5.78 Å². The first kappa shape index (κ1) is 23.7. The molecule has 2 N–H and O–H groups in total. The van der Waals surface area contributed by atoms with Crippen molar-refractivity contribution < 1.29 is 18.4 Å². The molecule has 1 amide bonds. The second-order valence-electron chi connectivity index (χ2n) is 8.06. The summed E-state index contributed by atoms with van der Waals surface area (Å²) in [5.41, 5.74) is 2.80. The van der Waals surface area contributed by atoms with E-state index in [0.29, 0.717) is 23.3 Å². The van der Waals surface area contributed by atoms with Crippen molar-refractivity contribution in [1.29, 1.82) is 0 Å². The first-order valence-electron chi connectivity index (χ1n) is 11.1. The third-order valence-electron chi connectivity index (χ3n) is 5.93. The number of benzene rings is 1. The van der Waals surface area contributed by atoms with Gasteiger partial charge in [0.2, 0.25) is 0 Å². The van der Waals surface area contributed by atoms with Crippen molar-refractivity contribution in [2.24, 2.45) is 0 Å². The van der Waals surface area contributed by atoms with Crippen LogP contribution in [0.1, 0.15) is 56.4 Å². The number of hydrogen-bond acceptors (Lipinski definition) is 5. The second kappa shape index (κ2) is 9.81. The number of halogens is 2. The van der Waals surface area contributed by atoms with Crippen LogP contribution in [0.3, 0.4) is 0 Å². The van der Waals surface area contributed by atoms with Crippen molar-refractivity contribution in [1.82, 2.24) is 5.32 Å². The Bertz CT molecular complexity index is 1160. The lowest BCUT2D eigenvalue weighted by Gasteiger charge is -2.34. The summed E-state index contributed by atoms with van der Waals surface area (Å²) in [7, 11) is 0. The number of para-hydroxylation sites is 1. The summed E-state index contributed by atoms with van der Waals surface area (Å²) in [6, 6.07) is 5.53. The van der Waals surface area contributed by atoms with Crippen molar-refractivity contribution in [2.45, 2.75) is 56.6 Å². The number of allylic oxidation sites excluding steroid dienone is 3. The molecule has 2 aromatic rings. The Balaban J connectivity index is 1.85. The van der Waals surface area contributed by atoms with Gasteiger partial charge in [0.25, 0.3) is 5.91 Å². The Hall–Kier alpha value is -2.45. The quantitative estimate of drug-likeness (QED) is 0.468. The van der Waals surface area contributed by atoms with E-state index in [1.165, 1.54) is 10.9 Å². The first-order valence-corrected chi connectivity index (χ1v) is 12.9. The molecule has 8 heteroatoms. The molecule has 1 aliphatic carbocycles. The molecule has 1 aliphatic heterocycles. The highest BCUT2D eigenvalue weighted by atomic mass is 32.2. The van der Waals surface area contributed by atoms with Crippen LogP contribution in [0.25, 0.3) is 0 Å². The number of carbonyl (C=O) groups excluding carboxylic acids is 2. The van der Waals surface area contributed by atoms with Crippen molar-refractivity contribution in [2.75, 3.05) is 11.1 Å². The van der Waals surface area contributed by atoms with Gasteiger partial charge in [0.1, 0.15) is 17.3 Å². The van der Waals surface area contributed by atoms with Crippen molar-refractivity contribution in [3.8, 4) is 0 Å². The van der Waals surface area contributed by atoms with Gasteiger partial charge in [-0.15, -0.1) is 23.1 Å². The number of thioether (sulfide) groups is 1. The molecule has 0 fully saturated rings. The number of hydrogen-bond donors (Lipinski definition) is 2. The summed E-state index contributed by atoms with van der Waals surface area (Å²) in [6.45, 7) is 5.92. The molecule has 174 valence electrons. The van der Waals surface area contributed by atoms with Crippen molar-refractivity contribution >= 4 is 40.5 Å². The topological polar surface area (TPSA) is 58.2 Å². The number of amides is 1. The fourth-order valence-electron chi connectivity index (χ4n) is 4.45. The molecule has 1 atom stereocenters. The number of anilines is 1. The molecule has 1 aromatic heterocycles. The lowest BCUT2D eigenvalue weighted by molar-refractivity contribution is -0.116.